The molecule has 0 aliphatic heterocycles. The van der Waals surface area contributed by atoms with Crippen LogP contribution in [-0.4, -0.2) is 9.96 Å². The van der Waals surface area contributed by atoms with Gasteiger partial charge in [-0.25, -0.2) is 0 Å². The first-order chi connectivity index (χ1) is 9.84. The smallest absolute Gasteiger partial charge is 0.0485 e. The van der Waals surface area contributed by atoms with Crippen LogP contribution in [0.15, 0.2) is 66.7 Å². The van der Waals surface area contributed by atoms with E-state index >= 15 is 0 Å². The van der Waals surface area contributed by atoms with E-state index in [4.69, 9.17) is 0 Å². The minimum absolute atomic E-state index is 0.670. The maximum atomic E-state index is 11.9. The predicted molar refractivity (Wildman–Crippen MR) is 87.9 cm³/mol. The van der Waals surface area contributed by atoms with Crippen molar-refractivity contribution >= 4 is 16.9 Å². The van der Waals surface area contributed by atoms with Gasteiger partial charge in [0.05, 0.1) is 0 Å². The second-order valence-corrected chi connectivity index (χ2v) is 6.31. The topological polar surface area (TPSA) is 17.1 Å². The molecular weight excluding hydrogens is 264 g/mol. The summed E-state index contributed by atoms with van der Waals surface area (Å²) < 4.78 is 11.9. The number of hydrogen-bond acceptors (Lipinski definition) is 1. The molecule has 2 heteroatoms. The molecule has 1 unspecified atom stereocenters. The highest BCUT2D eigenvalue weighted by atomic mass is 32.2. The fraction of sp³-hybridized carbons (Fsp3) is 0.222. The average Bonchev–Trinajstić information content (AvgIpc) is 2.49. The standard InChI is InChI=1S/C18H20OS/c19-20(16-18-13-6-2-7-14-18)15-9-3-8-12-17-10-4-1-5-11-17/h1-2,4-8,10-14H,3,9,15-16H2/b12-8+. The average molecular weight is 284 g/mol. The normalized spacial score (nSPS) is 12.6. The fourth-order valence-electron chi connectivity index (χ4n) is 1.98. The van der Waals surface area contributed by atoms with E-state index in [0.29, 0.717) is 5.75 Å². The summed E-state index contributed by atoms with van der Waals surface area (Å²) in [6.45, 7) is 0. The van der Waals surface area contributed by atoms with Gasteiger partial charge in [0.2, 0.25) is 0 Å². The maximum Gasteiger partial charge on any atom is 0.0485 e. The summed E-state index contributed by atoms with van der Waals surface area (Å²) >= 11 is 0. The predicted octanol–water partition coefficient (Wildman–Crippen LogP) is 4.43. The summed E-state index contributed by atoms with van der Waals surface area (Å²) in [6.07, 6.45) is 6.24. The Morgan fingerprint density at radius 3 is 2.25 bits per heavy atom. The lowest BCUT2D eigenvalue weighted by molar-refractivity contribution is 0.680. The Hall–Kier alpha value is -1.67. The van der Waals surface area contributed by atoms with Gasteiger partial charge in [-0.15, -0.1) is 0 Å². The molecule has 2 rings (SSSR count). The molecule has 0 radical (unpaired) electrons. The van der Waals surface area contributed by atoms with E-state index in [9.17, 15) is 4.21 Å². The van der Waals surface area contributed by atoms with Crippen LogP contribution in [-0.2, 0) is 16.6 Å². The van der Waals surface area contributed by atoms with Crippen LogP contribution < -0.4 is 0 Å². The molecule has 0 fully saturated rings. The molecule has 20 heavy (non-hydrogen) atoms. The first kappa shape index (κ1) is 14.7. The van der Waals surface area contributed by atoms with Crippen molar-refractivity contribution < 1.29 is 4.21 Å². The third-order valence-corrected chi connectivity index (χ3v) is 4.42. The highest BCUT2D eigenvalue weighted by molar-refractivity contribution is 7.84. The van der Waals surface area contributed by atoms with Gasteiger partial charge in [0.1, 0.15) is 0 Å². The molecule has 2 aromatic rings. The molecule has 104 valence electrons. The van der Waals surface area contributed by atoms with Crippen molar-refractivity contribution in [3.63, 3.8) is 0 Å². The lowest BCUT2D eigenvalue weighted by Crippen LogP contribution is -2.00. The molecule has 0 amide bonds. The van der Waals surface area contributed by atoms with Gasteiger partial charge in [0.25, 0.3) is 0 Å². The van der Waals surface area contributed by atoms with E-state index < -0.39 is 10.8 Å². The molecule has 0 saturated heterocycles. The maximum absolute atomic E-state index is 11.9. The number of unbranched alkanes of at least 4 members (excludes halogenated alkanes) is 1. The van der Waals surface area contributed by atoms with Crippen LogP contribution in [0, 0.1) is 0 Å². The molecule has 1 nitrogen and oxygen atoms in total. The summed E-state index contributed by atoms with van der Waals surface area (Å²) in [5.74, 6) is 1.44. The van der Waals surface area contributed by atoms with Crippen LogP contribution in [0.25, 0.3) is 6.08 Å². The van der Waals surface area contributed by atoms with Gasteiger partial charge < -0.3 is 0 Å². The molecule has 1 atom stereocenters. The van der Waals surface area contributed by atoms with E-state index in [0.717, 1.165) is 24.2 Å². The van der Waals surface area contributed by atoms with E-state index in [2.05, 4.69) is 24.3 Å². The first-order valence-electron chi connectivity index (χ1n) is 6.95. The van der Waals surface area contributed by atoms with E-state index in [1.807, 2.05) is 48.5 Å². The Balaban J connectivity index is 1.66. The zero-order valence-corrected chi connectivity index (χ0v) is 12.4. The zero-order valence-electron chi connectivity index (χ0n) is 11.6. The Kier molecular flexibility index (Phi) is 6.25. The number of allylic oxidation sites excluding steroid dienone is 1. The lowest BCUT2D eigenvalue weighted by atomic mass is 10.2. The molecule has 2 aromatic carbocycles. The van der Waals surface area contributed by atoms with Crippen LogP contribution in [0.4, 0.5) is 0 Å². The largest absolute Gasteiger partial charge is 0.259 e. The zero-order chi connectivity index (χ0) is 14.0. The summed E-state index contributed by atoms with van der Waals surface area (Å²) in [5.41, 5.74) is 2.38. The van der Waals surface area contributed by atoms with Gasteiger partial charge in [-0.05, 0) is 24.0 Å². The van der Waals surface area contributed by atoms with Gasteiger partial charge in [-0.2, -0.15) is 0 Å². The van der Waals surface area contributed by atoms with Crippen molar-refractivity contribution in [1.82, 2.24) is 0 Å². The van der Waals surface area contributed by atoms with Crippen molar-refractivity contribution in [1.29, 1.82) is 0 Å². The van der Waals surface area contributed by atoms with Gasteiger partial charge >= 0.3 is 0 Å². The molecule has 0 aliphatic rings. The number of benzene rings is 2. The Morgan fingerprint density at radius 2 is 1.55 bits per heavy atom. The fourth-order valence-corrected chi connectivity index (χ4v) is 3.18. The first-order valence-corrected chi connectivity index (χ1v) is 8.44. The van der Waals surface area contributed by atoms with Crippen molar-refractivity contribution in [3.05, 3.63) is 77.9 Å². The van der Waals surface area contributed by atoms with Gasteiger partial charge in [-0.1, -0.05) is 72.8 Å². The minimum atomic E-state index is -0.753. The summed E-state index contributed by atoms with van der Waals surface area (Å²) in [6, 6.07) is 20.3. The van der Waals surface area contributed by atoms with Crippen LogP contribution in [0.3, 0.4) is 0 Å². The van der Waals surface area contributed by atoms with Crippen molar-refractivity contribution in [2.75, 3.05) is 5.75 Å². The van der Waals surface area contributed by atoms with E-state index in [-0.39, 0.29) is 0 Å². The molecule has 0 aliphatic carbocycles. The van der Waals surface area contributed by atoms with Gasteiger partial charge in [0, 0.05) is 22.3 Å². The summed E-state index contributed by atoms with van der Waals surface area (Å²) in [7, 11) is -0.753. The second kappa shape index (κ2) is 8.49. The molecule has 0 spiro atoms. The third-order valence-electron chi connectivity index (χ3n) is 3.02. The molecule has 0 aromatic heterocycles. The quantitative estimate of drug-likeness (QED) is 0.687. The Labute approximate surface area is 123 Å². The van der Waals surface area contributed by atoms with Crippen molar-refractivity contribution in [2.45, 2.75) is 18.6 Å². The molecule has 0 saturated carbocycles. The van der Waals surface area contributed by atoms with Crippen LogP contribution in [0.5, 0.6) is 0 Å². The monoisotopic (exact) mass is 284 g/mol. The van der Waals surface area contributed by atoms with Gasteiger partial charge in [-0.3, -0.25) is 4.21 Å². The lowest BCUT2D eigenvalue weighted by Gasteiger charge is -2.01. The van der Waals surface area contributed by atoms with Gasteiger partial charge in [0.15, 0.2) is 0 Å². The number of hydrogen-bond donors (Lipinski definition) is 0. The van der Waals surface area contributed by atoms with E-state index in [1.54, 1.807) is 0 Å². The van der Waals surface area contributed by atoms with E-state index in [1.165, 1.54) is 5.56 Å². The summed E-state index contributed by atoms with van der Waals surface area (Å²) in [5, 5.41) is 0. The van der Waals surface area contributed by atoms with Crippen LogP contribution in [0.2, 0.25) is 0 Å². The Morgan fingerprint density at radius 1 is 0.900 bits per heavy atom. The highest BCUT2D eigenvalue weighted by Gasteiger charge is 2.00. The minimum Gasteiger partial charge on any atom is -0.259 e. The number of rotatable bonds is 7. The van der Waals surface area contributed by atoms with Crippen molar-refractivity contribution in [2.24, 2.45) is 0 Å². The third kappa shape index (κ3) is 5.54. The molecule has 0 heterocycles. The molecule has 0 bridgehead atoms. The Bertz CT molecular complexity index is 546. The SMILES string of the molecule is O=S(CCC/C=C/c1ccccc1)Cc1ccccc1. The van der Waals surface area contributed by atoms with Crippen LogP contribution >= 0.6 is 0 Å². The second-order valence-electron chi connectivity index (χ2n) is 4.73. The highest BCUT2D eigenvalue weighted by Crippen LogP contribution is 2.06. The summed E-state index contributed by atoms with van der Waals surface area (Å²) in [4.78, 5) is 0. The van der Waals surface area contributed by atoms with Crippen LogP contribution in [0.1, 0.15) is 24.0 Å². The van der Waals surface area contributed by atoms with Crippen molar-refractivity contribution in [3.8, 4) is 0 Å². The molecular formula is C18H20OS. The molecule has 0 N–H and O–H groups in total.